The second-order valence-corrected chi connectivity index (χ2v) is 12.3. The van der Waals surface area contributed by atoms with Crippen molar-refractivity contribution in [3.63, 3.8) is 0 Å². The first kappa shape index (κ1) is 36.7. The first-order valence-corrected chi connectivity index (χ1v) is 15.9. The number of carbonyl (C=O) groups is 1. The summed E-state index contributed by atoms with van der Waals surface area (Å²) in [5.41, 5.74) is 0.913. The Labute approximate surface area is 294 Å². The summed E-state index contributed by atoms with van der Waals surface area (Å²) in [6, 6.07) is 12.1. The standard InChI is InChI=1S/C35H36O17/c36-17-5-1-15(2-6-17)3-8-27(42)47-14-26-29(44)30(45)33(52-34-31(46)28(43)23(41)13-48-34)35(51-26)50-25-12-19-21(39)10-18(37)11-24(19)49-32(25)16-4-7-20(38)22(40)9-16/h1-12,23,26,28-41,43-46H,13-14H2/p+1/b8-3-/t23-,26-,28+,29+,30+,31-,32?,33-,34+,35-/m1/s1. The van der Waals surface area contributed by atoms with Crippen molar-refractivity contribution in [2.45, 2.75) is 61.4 Å². The number of hydrogen-bond acceptors (Lipinski definition) is 16. The fraction of sp³-hybridized carbons (Fsp3) is 0.343. The number of benzene rings is 3. The molecule has 2 fully saturated rings. The van der Waals surface area contributed by atoms with Gasteiger partial charge in [-0.05, 0) is 42.0 Å². The topological polar surface area (TPSA) is 278 Å². The van der Waals surface area contributed by atoms with Crippen LogP contribution in [0.3, 0.4) is 0 Å². The molecule has 3 aromatic carbocycles. The normalized spacial score (nSPS) is 30.2. The highest BCUT2D eigenvalue weighted by molar-refractivity contribution is 5.87. The van der Waals surface area contributed by atoms with Crippen LogP contribution in [0.5, 0.6) is 34.5 Å². The van der Waals surface area contributed by atoms with Crippen LogP contribution in [0, 0.1) is 0 Å². The molecule has 0 aliphatic carbocycles. The van der Waals surface area contributed by atoms with Crippen LogP contribution in [0.4, 0.5) is 0 Å². The molecule has 0 amide bonds. The fourth-order valence-corrected chi connectivity index (χ4v) is 5.77. The minimum absolute atomic E-state index is 0.0320. The van der Waals surface area contributed by atoms with Gasteiger partial charge in [0.05, 0.1) is 18.2 Å². The Morgan fingerprint density at radius 2 is 1.56 bits per heavy atom. The van der Waals surface area contributed by atoms with Crippen molar-refractivity contribution in [1.29, 1.82) is 0 Å². The summed E-state index contributed by atoms with van der Waals surface area (Å²) in [5.74, 6) is -2.44. The summed E-state index contributed by atoms with van der Waals surface area (Å²) >= 11 is 0. The van der Waals surface area contributed by atoms with Crippen molar-refractivity contribution >= 4 is 18.1 Å². The molecule has 278 valence electrons. The predicted octanol–water partition coefficient (Wildman–Crippen LogP) is 0.0958. The molecule has 0 radical (unpaired) electrons. The molecule has 3 heterocycles. The van der Waals surface area contributed by atoms with E-state index in [9.17, 15) is 55.9 Å². The van der Waals surface area contributed by atoms with Crippen LogP contribution >= 0.6 is 0 Å². The van der Waals surface area contributed by atoms with Gasteiger partial charge in [-0.1, -0.05) is 12.1 Å². The van der Waals surface area contributed by atoms with Gasteiger partial charge >= 0.3 is 5.97 Å². The summed E-state index contributed by atoms with van der Waals surface area (Å²) in [4.78, 5) is 12.6. The highest BCUT2D eigenvalue weighted by Gasteiger charge is 2.51. The van der Waals surface area contributed by atoms with E-state index in [4.69, 9.17) is 23.7 Å². The maximum atomic E-state index is 12.6. The number of aliphatic hydroxyl groups excluding tert-OH is 5. The number of hydrogen-bond donors (Lipinski definition) is 10. The first-order chi connectivity index (χ1) is 24.8. The van der Waals surface area contributed by atoms with Crippen molar-refractivity contribution in [1.82, 2.24) is 0 Å². The number of fused-ring (bicyclic) bond motifs is 1. The first-order valence-electron chi connectivity index (χ1n) is 15.9. The third-order valence-electron chi connectivity index (χ3n) is 8.60. The fourth-order valence-electron chi connectivity index (χ4n) is 5.77. The molecule has 3 aliphatic heterocycles. The molecule has 0 spiro atoms. The van der Waals surface area contributed by atoms with Crippen molar-refractivity contribution in [2.75, 3.05) is 13.2 Å². The molecule has 0 aromatic heterocycles. The van der Waals surface area contributed by atoms with Crippen LogP contribution in [0.2, 0.25) is 0 Å². The van der Waals surface area contributed by atoms with E-state index < -0.39 is 97.8 Å². The average Bonchev–Trinajstić information content (AvgIpc) is 3.11. The molecule has 3 aromatic rings. The lowest BCUT2D eigenvalue weighted by atomic mass is 9.97. The highest BCUT2D eigenvalue weighted by atomic mass is 16.8. The molecule has 2 saturated heterocycles. The largest absolute Gasteiger partial charge is 0.571 e. The summed E-state index contributed by atoms with van der Waals surface area (Å²) in [7, 11) is 0. The Morgan fingerprint density at radius 3 is 2.29 bits per heavy atom. The van der Waals surface area contributed by atoms with E-state index in [0.29, 0.717) is 5.56 Å². The van der Waals surface area contributed by atoms with E-state index in [1.165, 1.54) is 48.6 Å². The lowest BCUT2D eigenvalue weighted by molar-refractivity contribution is -0.353. The van der Waals surface area contributed by atoms with Gasteiger partial charge in [-0.2, -0.15) is 0 Å². The summed E-state index contributed by atoms with van der Waals surface area (Å²) in [6.07, 6.45) is -12.5. The third-order valence-corrected chi connectivity index (χ3v) is 8.60. The van der Waals surface area contributed by atoms with Crippen LogP contribution in [-0.2, 0) is 28.5 Å². The second-order valence-electron chi connectivity index (χ2n) is 12.3. The van der Waals surface area contributed by atoms with Crippen LogP contribution in [0.1, 0.15) is 22.8 Å². The molecule has 1 unspecified atom stereocenters. The Bertz CT molecular complexity index is 1810. The van der Waals surface area contributed by atoms with Crippen molar-refractivity contribution in [3.8, 4) is 34.5 Å². The number of phenols is 5. The lowest BCUT2D eigenvalue weighted by Gasteiger charge is -2.45. The summed E-state index contributed by atoms with van der Waals surface area (Å²) < 4.78 is 33.2. The number of esters is 1. The molecule has 10 atom stereocenters. The third kappa shape index (κ3) is 7.86. The van der Waals surface area contributed by atoms with Crippen molar-refractivity contribution in [3.05, 3.63) is 83.1 Å². The monoisotopic (exact) mass is 729 g/mol. The maximum Gasteiger partial charge on any atom is 0.330 e. The number of carbonyl (C=O) groups excluding carboxylic acids is 1. The minimum atomic E-state index is -1.88. The zero-order chi connectivity index (χ0) is 37.3. The van der Waals surface area contributed by atoms with Crippen LogP contribution in [0.25, 0.3) is 12.2 Å². The van der Waals surface area contributed by atoms with Gasteiger partial charge in [0.1, 0.15) is 66.0 Å². The van der Waals surface area contributed by atoms with Crippen molar-refractivity contribution in [2.24, 2.45) is 0 Å². The Kier molecular flexibility index (Phi) is 10.7. The predicted molar refractivity (Wildman–Crippen MR) is 174 cm³/mol. The summed E-state index contributed by atoms with van der Waals surface area (Å²) in [5, 5.41) is 103. The SMILES string of the molecule is O=C(/C=C\c1ccc(O)cc1)OC[C@H]1O[C@@H](OC2=Cc3c(O)cc(O)cc3[OH+]C2c2ccc(O)c(O)c2)[C@H](O[C@@H]2OC[C@@H](O)[C@H](O)[C@H]2O)[C@@H](O)[C@H]1O. The molecule has 52 heavy (non-hydrogen) atoms. The number of ether oxygens (including phenoxy) is 6. The molecule has 17 nitrogen and oxygen atoms in total. The molecular weight excluding hydrogens is 692 g/mol. The lowest BCUT2D eigenvalue weighted by Crippen LogP contribution is -2.63. The molecule has 11 N–H and O–H groups in total. The second kappa shape index (κ2) is 15.2. The van der Waals surface area contributed by atoms with E-state index in [0.717, 1.165) is 12.1 Å². The molecule has 17 heteroatoms. The zero-order valence-electron chi connectivity index (χ0n) is 27.0. The van der Waals surface area contributed by atoms with Gasteiger partial charge in [0.25, 0.3) is 11.9 Å². The van der Waals surface area contributed by atoms with Gasteiger partial charge in [-0.15, -0.1) is 0 Å². The van der Waals surface area contributed by atoms with E-state index >= 15 is 0 Å². The van der Waals surface area contributed by atoms with Gasteiger partial charge in [-0.25, -0.2) is 4.79 Å². The molecule has 0 saturated carbocycles. The maximum absolute atomic E-state index is 12.6. The van der Waals surface area contributed by atoms with E-state index in [1.54, 1.807) is 12.1 Å². The Morgan fingerprint density at radius 1 is 0.808 bits per heavy atom. The Hall–Kier alpha value is -5.11. The number of rotatable bonds is 9. The van der Waals surface area contributed by atoms with Gasteiger partial charge in [0.15, 0.2) is 29.7 Å². The molecule has 3 aliphatic rings. The number of phenolic OH excluding ortho intramolecular Hbond substituents is 5. The highest BCUT2D eigenvalue weighted by Crippen LogP contribution is 2.46. The quantitative estimate of drug-likeness (QED) is 0.0605. The summed E-state index contributed by atoms with van der Waals surface area (Å²) in [6.45, 7) is -1.07. The van der Waals surface area contributed by atoms with Crippen LogP contribution in [0.15, 0.2) is 66.4 Å². The number of aliphatic hydroxyl groups is 6. The van der Waals surface area contributed by atoms with Gasteiger partial charge in [0.2, 0.25) is 6.29 Å². The van der Waals surface area contributed by atoms with E-state index in [1.807, 2.05) is 0 Å². The van der Waals surface area contributed by atoms with E-state index in [2.05, 4.69) is 4.74 Å². The van der Waals surface area contributed by atoms with E-state index in [-0.39, 0.29) is 34.1 Å². The van der Waals surface area contributed by atoms with Gasteiger partial charge in [-0.3, -0.25) is 0 Å². The van der Waals surface area contributed by atoms with Gasteiger partial charge < -0.3 is 79.5 Å². The molecule has 0 bridgehead atoms. The Balaban J connectivity index is 1.30. The zero-order valence-corrected chi connectivity index (χ0v) is 27.0. The molecule has 6 rings (SSSR count). The van der Waals surface area contributed by atoms with Crippen molar-refractivity contribution < 1.29 is 84.3 Å². The number of aromatic hydroxyl groups is 6. The minimum Gasteiger partial charge on any atom is -0.571 e. The van der Waals surface area contributed by atoms with Crippen LogP contribution < -0.4 is 0 Å². The smallest absolute Gasteiger partial charge is 0.330 e. The van der Waals surface area contributed by atoms with Crippen LogP contribution in [-0.4, -0.2) is 130 Å². The molecular formula is C35H37O17+. The average molecular weight is 730 g/mol. The van der Waals surface area contributed by atoms with Gasteiger partial charge in [0, 0.05) is 18.2 Å².